The first-order chi connectivity index (χ1) is 9.87. The van der Waals surface area contributed by atoms with E-state index in [0.717, 1.165) is 10.4 Å². The summed E-state index contributed by atoms with van der Waals surface area (Å²) in [4.78, 5) is 1.01. The van der Waals surface area contributed by atoms with E-state index >= 15 is 0 Å². The van der Waals surface area contributed by atoms with Crippen molar-refractivity contribution in [1.29, 1.82) is 0 Å². The van der Waals surface area contributed by atoms with Crippen LogP contribution in [0.1, 0.15) is 24.3 Å². The fraction of sp³-hybridized carbons (Fsp3) is 0.333. The molecule has 0 spiro atoms. The third-order valence-corrected chi connectivity index (χ3v) is 5.82. The summed E-state index contributed by atoms with van der Waals surface area (Å²) in [6, 6.07) is 11.2. The smallest absolute Gasteiger partial charge is 0.271 e. The van der Waals surface area contributed by atoms with E-state index in [-0.39, 0.29) is 0 Å². The maximum absolute atomic E-state index is 12.3. The Morgan fingerprint density at radius 2 is 1.95 bits per heavy atom. The molecule has 6 heteroatoms. The summed E-state index contributed by atoms with van der Waals surface area (Å²) in [7, 11) is -3.51. The van der Waals surface area contributed by atoms with Gasteiger partial charge in [0.1, 0.15) is 4.21 Å². The first kappa shape index (κ1) is 16.0. The second-order valence-electron chi connectivity index (χ2n) is 5.23. The van der Waals surface area contributed by atoms with Crippen molar-refractivity contribution in [3.63, 3.8) is 0 Å². The van der Waals surface area contributed by atoms with Crippen molar-refractivity contribution >= 4 is 27.0 Å². The number of hydrogen-bond donors (Lipinski definition) is 2. The number of anilines is 1. The van der Waals surface area contributed by atoms with Crippen LogP contribution in [-0.4, -0.2) is 14.5 Å². The molecule has 2 aromatic rings. The maximum Gasteiger partial charge on any atom is 0.271 e. The largest absolute Gasteiger partial charge is 0.310 e. The highest BCUT2D eigenvalue weighted by Crippen LogP contribution is 2.24. The Morgan fingerprint density at radius 1 is 1.19 bits per heavy atom. The molecule has 4 nitrogen and oxygen atoms in total. The lowest BCUT2D eigenvalue weighted by Crippen LogP contribution is -2.21. The standard InChI is InChI=1S/C15H20N2O2S2/c1-11(2)16-10-14-7-8-15(20-14)21(18,19)17-13-6-4-5-12(3)9-13/h4-9,11,16-17H,10H2,1-3H3. The Hall–Kier alpha value is -1.37. The summed E-state index contributed by atoms with van der Waals surface area (Å²) in [5.74, 6) is 0. The van der Waals surface area contributed by atoms with Gasteiger partial charge in [0.2, 0.25) is 0 Å². The number of rotatable bonds is 6. The Kier molecular flexibility index (Phi) is 5.03. The predicted molar refractivity (Wildman–Crippen MR) is 88.3 cm³/mol. The highest BCUT2D eigenvalue weighted by atomic mass is 32.2. The minimum atomic E-state index is -3.51. The zero-order chi connectivity index (χ0) is 15.5. The minimum Gasteiger partial charge on any atom is -0.310 e. The monoisotopic (exact) mass is 324 g/mol. The van der Waals surface area contributed by atoms with Gasteiger partial charge in [0.05, 0.1) is 0 Å². The van der Waals surface area contributed by atoms with Gasteiger partial charge in [-0.15, -0.1) is 11.3 Å². The van der Waals surface area contributed by atoms with Crippen molar-refractivity contribution in [2.24, 2.45) is 0 Å². The van der Waals surface area contributed by atoms with Gasteiger partial charge in [0.25, 0.3) is 10.0 Å². The van der Waals surface area contributed by atoms with E-state index in [1.165, 1.54) is 11.3 Å². The van der Waals surface area contributed by atoms with Crippen molar-refractivity contribution in [1.82, 2.24) is 5.32 Å². The first-order valence-electron chi connectivity index (χ1n) is 6.78. The first-order valence-corrected chi connectivity index (χ1v) is 9.08. The number of thiophene rings is 1. The molecule has 21 heavy (non-hydrogen) atoms. The fourth-order valence-electron chi connectivity index (χ4n) is 1.82. The van der Waals surface area contributed by atoms with Crippen LogP contribution in [0.25, 0.3) is 0 Å². The van der Waals surface area contributed by atoms with Gasteiger partial charge in [0, 0.05) is 23.2 Å². The van der Waals surface area contributed by atoms with Crippen molar-refractivity contribution in [3.8, 4) is 0 Å². The quantitative estimate of drug-likeness (QED) is 0.856. The number of hydrogen-bond acceptors (Lipinski definition) is 4. The van der Waals surface area contributed by atoms with Gasteiger partial charge in [-0.25, -0.2) is 8.42 Å². The molecule has 0 atom stereocenters. The van der Waals surface area contributed by atoms with Crippen LogP contribution in [0.15, 0.2) is 40.6 Å². The summed E-state index contributed by atoms with van der Waals surface area (Å²) in [6.07, 6.45) is 0. The molecule has 0 aliphatic rings. The van der Waals surface area contributed by atoms with Crippen molar-refractivity contribution < 1.29 is 8.42 Å². The zero-order valence-corrected chi connectivity index (χ0v) is 14.0. The van der Waals surface area contributed by atoms with Crippen LogP contribution in [0.4, 0.5) is 5.69 Å². The third-order valence-electron chi connectivity index (χ3n) is 2.86. The van der Waals surface area contributed by atoms with E-state index in [0.29, 0.717) is 22.5 Å². The van der Waals surface area contributed by atoms with Crippen LogP contribution in [0.3, 0.4) is 0 Å². The molecule has 0 radical (unpaired) electrons. The molecule has 2 rings (SSSR count). The zero-order valence-electron chi connectivity index (χ0n) is 12.4. The molecule has 1 aromatic heterocycles. The molecule has 1 heterocycles. The second kappa shape index (κ2) is 6.60. The van der Waals surface area contributed by atoms with Crippen LogP contribution >= 0.6 is 11.3 Å². The Labute approximate surface area is 130 Å². The molecule has 0 aliphatic carbocycles. The van der Waals surface area contributed by atoms with Gasteiger partial charge < -0.3 is 5.32 Å². The highest BCUT2D eigenvalue weighted by Gasteiger charge is 2.17. The predicted octanol–water partition coefficient (Wildman–Crippen LogP) is 3.36. The lowest BCUT2D eigenvalue weighted by Gasteiger charge is -2.07. The fourth-order valence-corrected chi connectivity index (χ4v) is 4.17. The van der Waals surface area contributed by atoms with Gasteiger partial charge in [0.15, 0.2) is 0 Å². The van der Waals surface area contributed by atoms with E-state index in [1.807, 2.05) is 31.2 Å². The topological polar surface area (TPSA) is 58.2 Å². The molecule has 0 saturated heterocycles. The van der Waals surface area contributed by atoms with Crippen LogP contribution in [-0.2, 0) is 16.6 Å². The summed E-state index contributed by atoms with van der Waals surface area (Å²) in [5.41, 5.74) is 1.61. The lowest BCUT2D eigenvalue weighted by atomic mass is 10.2. The van der Waals surface area contributed by atoms with E-state index < -0.39 is 10.0 Å². The molecule has 2 N–H and O–H groups in total. The molecular formula is C15H20N2O2S2. The molecule has 0 fully saturated rings. The average Bonchev–Trinajstić information content (AvgIpc) is 2.85. The number of aryl methyl sites for hydroxylation is 1. The molecule has 0 bridgehead atoms. The van der Waals surface area contributed by atoms with Gasteiger partial charge in [-0.2, -0.15) is 0 Å². The summed E-state index contributed by atoms with van der Waals surface area (Å²) in [6.45, 7) is 6.73. The van der Waals surface area contributed by atoms with Crippen LogP contribution in [0, 0.1) is 6.92 Å². The van der Waals surface area contributed by atoms with Crippen LogP contribution in [0.2, 0.25) is 0 Å². The molecule has 0 unspecified atom stereocenters. The number of nitrogens with one attached hydrogen (secondary N) is 2. The van der Waals surface area contributed by atoms with Gasteiger partial charge in [-0.3, -0.25) is 4.72 Å². The van der Waals surface area contributed by atoms with E-state index in [4.69, 9.17) is 0 Å². The molecule has 114 valence electrons. The Balaban J connectivity index is 2.12. The van der Waals surface area contributed by atoms with Crippen molar-refractivity contribution in [3.05, 3.63) is 46.8 Å². The van der Waals surface area contributed by atoms with Crippen LogP contribution < -0.4 is 10.0 Å². The van der Waals surface area contributed by atoms with Gasteiger partial charge in [-0.1, -0.05) is 26.0 Å². The SMILES string of the molecule is Cc1cccc(NS(=O)(=O)c2ccc(CNC(C)C)s2)c1. The highest BCUT2D eigenvalue weighted by molar-refractivity contribution is 7.94. The number of sulfonamides is 1. The van der Waals surface area contributed by atoms with E-state index in [1.54, 1.807) is 12.1 Å². The van der Waals surface area contributed by atoms with E-state index in [2.05, 4.69) is 23.9 Å². The van der Waals surface area contributed by atoms with E-state index in [9.17, 15) is 8.42 Å². The lowest BCUT2D eigenvalue weighted by molar-refractivity contribution is 0.593. The van der Waals surface area contributed by atoms with Gasteiger partial charge >= 0.3 is 0 Å². The van der Waals surface area contributed by atoms with Gasteiger partial charge in [-0.05, 0) is 36.8 Å². The Morgan fingerprint density at radius 3 is 2.62 bits per heavy atom. The maximum atomic E-state index is 12.3. The summed E-state index contributed by atoms with van der Waals surface area (Å²) < 4.78 is 27.6. The molecular weight excluding hydrogens is 304 g/mol. The molecule has 0 amide bonds. The molecule has 0 aliphatic heterocycles. The third kappa shape index (κ3) is 4.56. The Bertz CT molecular complexity index is 706. The van der Waals surface area contributed by atoms with Crippen molar-refractivity contribution in [2.45, 2.75) is 37.6 Å². The summed E-state index contributed by atoms with van der Waals surface area (Å²) >= 11 is 1.29. The molecule has 0 saturated carbocycles. The summed E-state index contributed by atoms with van der Waals surface area (Å²) in [5, 5.41) is 3.28. The average molecular weight is 324 g/mol. The van der Waals surface area contributed by atoms with Crippen LogP contribution in [0.5, 0.6) is 0 Å². The van der Waals surface area contributed by atoms with Crippen molar-refractivity contribution in [2.75, 3.05) is 4.72 Å². The molecule has 1 aromatic carbocycles. The normalized spacial score (nSPS) is 11.8. The second-order valence-corrected chi connectivity index (χ2v) is 8.31. The minimum absolute atomic E-state index is 0.338. The number of benzene rings is 1.